The summed E-state index contributed by atoms with van der Waals surface area (Å²) in [7, 11) is 1.91. The smallest absolute Gasteiger partial charge is 0.228 e. The molecule has 6 nitrogen and oxygen atoms in total. The molecule has 0 aliphatic carbocycles. The van der Waals surface area contributed by atoms with E-state index in [1.54, 1.807) is 0 Å². The van der Waals surface area contributed by atoms with Gasteiger partial charge in [0.05, 0.1) is 31.5 Å². The molecule has 104 valence electrons. The first-order valence-corrected chi connectivity index (χ1v) is 6.74. The van der Waals surface area contributed by atoms with Gasteiger partial charge in [-0.3, -0.25) is 15.1 Å². The minimum absolute atomic E-state index is 0.0476. The monoisotopic (exact) mass is 264 g/mol. The van der Waals surface area contributed by atoms with Gasteiger partial charge in [-0.15, -0.1) is 0 Å². The summed E-state index contributed by atoms with van der Waals surface area (Å²) >= 11 is 0. The number of hydrogen-bond donors (Lipinski definition) is 2. The fourth-order valence-corrected chi connectivity index (χ4v) is 2.78. The number of nitrogens with one attached hydrogen (secondary N) is 2. The lowest BCUT2D eigenvalue weighted by molar-refractivity contribution is -0.139. The molecule has 0 unspecified atom stereocenters. The summed E-state index contributed by atoms with van der Waals surface area (Å²) in [6.07, 6.45) is 2.83. The third-order valence-corrected chi connectivity index (χ3v) is 4.05. The molecule has 0 saturated carbocycles. The molecule has 0 spiro atoms. The first kappa shape index (κ1) is 12.6. The molecule has 0 radical (unpaired) electrons. The number of amides is 1. The maximum absolute atomic E-state index is 11.9. The molecule has 3 aliphatic rings. The lowest BCUT2D eigenvalue weighted by Gasteiger charge is -2.26. The Balaban J connectivity index is 1.64. The van der Waals surface area contributed by atoms with Crippen molar-refractivity contribution < 1.29 is 9.53 Å². The fourth-order valence-electron chi connectivity index (χ4n) is 2.78. The second-order valence-electron chi connectivity index (χ2n) is 5.38. The van der Waals surface area contributed by atoms with E-state index >= 15 is 0 Å². The Bertz CT molecular complexity index is 442. The van der Waals surface area contributed by atoms with E-state index in [0.717, 1.165) is 13.0 Å². The molecule has 0 aromatic heterocycles. The second kappa shape index (κ2) is 4.94. The first-order valence-electron chi connectivity index (χ1n) is 6.74. The van der Waals surface area contributed by atoms with E-state index in [9.17, 15) is 4.79 Å². The molecule has 0 aromatic carbocycles. The highest BCUT2D eigenvalue weighted by atomic mass is 16.5. The molecule has 0 aromatic rings. The summed E-state index contributed by atoms with van der Waals surface area (Å²) in [5.41, 5.74) is 2.53. The number of carbonyl (C=O) groups excluding carboxylic acids is 1. The van der Waals surface area contributed by atoms with Crippen molar-refractivity contribution in [3.8, 4) is 0 Å². The van der Waals surface area contributed by atoms with E-state index in [1.165, 1.54) is 11.3 Å². The van der Waals surface area contributed by atoms with Crippen molar-refractivity contribution in [2.24, 2.45) is 10.9 Å². The number of aliphatic imine (C=N–C) groups is 1. The van der Waals surface area contributed by atoms with Gasteiger partial charge in [0, 0.05) is 18.7 Å². The normalized spacial score (nSPS) is 30.3. The van der Waals surface area contributed by atoms with Crippen molar-refractivity contribution >= 4 is 12.2 Å². The lowest BCUT2D eigenvalue weighted by atomic mass is 10.1. The van der Waals surface area contributed by atoms with Crippen LogP contribution in [0.3, 0.4) is 0 Å². The highest BCUT2D eigenvalue weighted by Gasteiger charge is 2.34. The number of carbonyl (C=O) groups is 1. The number of hydrogen-bond acceptors (Lipinski definition) is 5. The maximum Gasteiger partial charge on any atom is 0.228 e. The minimum Gasteiger partial charge on any atom is -0.380 e. The topological polar surface area (TPSA) is 66.0 Å². The van der Waals surface area contributed by atoms with Gasteiger partial charge in [0.15, 0.2) is 0 Å². The van der Waals surface area contributed by atoms with Gasteiger partial charge in [-0.2, -0.15) is 0 Å². The molecule has 3 rings (SSSR count). The molecule has 2 fully saturated rings. The summed E-state index contributed by atoms with van der Waals surface area (Å²) in [4.78, 5) is 18.5. The van der Waals surface area contributed by atoms with Crippen LogP contribution in [0, 0.1) is 5.92 Å². The van der Waals surface area contributed by atoms with Crippen LogP contribution in [-0.4, -0.2) is 56.2 Å². The lowest BCUT2D eigenvalue weighted by Crippen LogP contribution is -2.46. The highest BCUT2D eigenvalue weighted by Crippen LogP contribution is 2.28. The van der Waals surface area contributed by atoms with Crippen molar-refractivity contribution in [3.05, 3.63) is 11.3 Å². The maximum atomic E-state index is 11.9. The van der Waals surface area contributed by atoms with Gasteiger partial charge >= 0.3 is 0 Å². The van der Waals surface area contributed by atoms with Crippen LogP contribution >= 0.6 is 0 Å². The van der Waals surface area contributed by atoms with Crippen molar-refractivity contribution in [2.75, 3.05) is 26.8 Å². The molecule has 3 aliphatic heterocycles. The number of fused-ring (bicyclic) bond motifs is 1. The van der Waals surface area contributed by atoms with Gasteiger partial charge in [0.25, 0.3) is 0 Å². The van der Waals surface area contributed by atoms with Crippen molar-refractivity contribution in [1.82, 2.24) is 15.5 Å². The van der Waals surface area contributed by atoms with Gasteiger partial charge < -0.3 is 15.0 Å². The Morgan fingerprint density at radius 3 is 2.95 bits per heavy atom. The Morgan fingerprint density at radius 2 is 2.32 bits per heavy atom. The average molecular weight is 264 g/mol. The molecule has 3 heterocycles. The van der Waals surface area contributed by atoms with E-state index in [2.05, 4.69) is 27.4 Å². The molecule has 2 saturated heterocycles. The van der Waals surface area contributed by atoms with Crippen LogP contribution in [0.5, 0.6) is 0 Å². The number of rotatable bonds is 3. The third-order valence-electron chi connectivity index (χ3n) is 4.05. The van der Waals surface area contributed by atoms with Crippen LogP contribution in [0.2, 0.25) is 0 Å². The van der Waals surface area contributed by atoms with Crippen molar-refractivity contribution in [2.45, 2.75) is 25.6 Å². The molecular formula is C13H20N4O2. The summed E-state index contributed by atoms with van der Waals surface area (Å²) in [6, 6.07) is 0.181. The number of nitrogens with zero attached hydrogens (tertiary/aromatic N) is 2. The Hall–Kier alpha value is -1.40. The zero-order chi connectivity index (χ0) is 13.4. The largest absolute Gasteiger partial charge is 0.380 e. The number of ether oxygens (including phenoxy) is 1. The van der Waals surface area contributed by atoms with Crippen LogP contribution in [0.1, 0.15) is 13.3 Å². The summed E-state index contributed by atoms with van der Waals surface area (Å²) < 4.78 is 5.05. The SMILES string of the molecule is CN[C@@H]1N=CN2C[C@@H](NC(=O)C3COC3)CC2=C1C. The summed E-state index contributed by atoms with van der Waals surface area (Å²) in [5.74, 6) is 0.169. The van der Waals surface area contributed by atoms with Crippen molar-refractivity contribution in [3.63, 3.8) is 0 Å². The fraction of sp³-hybridized carbons (Fsp3) is 0.692. The highest BCUT2D eigenvalue weighted by molar-refractivity contribution is 5.80. The molecule has 19 heavy (non-hydrogen) atoms. The summed E-state index contributed by atoms with van der Waals surface area (Å²) in [6.45, 7) is 4.04. The standard InChI is InChI=1S/C13H20N4O2/c1-8-11-3-10(16-13(18)9-5-19-6-9)4-17(11)7-15-12(8)14-2/h7,9-10,12,14H,3-6H2,1-2H3,(H,16,18)/t10-,12+/m0/s1. The van der Waals surface area contributed by atoms with Crippen LogP contribution in [-0.2, 0) is 9.53 Å². The van der Waals surface area contributed by atoms with E-state index in [0.29, 0.717) is 13.2 Å². The van der Waals surface area contributed by atoms with E-state index < -0.39 is 0 Å². The van der Waals surface area contributed by atoms with E-state index in [1.807, 2.05) is 13.4 Å². The Labute approximate surface area is 112 Å². The van der Waals surface area contributed by atoms with Crippen LogP contribution < -0.4 is 10.6 Å². The third kappa shape index (κ3) is 2.26. The molecule has 2 atom stereocenters. The average Bonchev–Trinajstić information content (AvgIpc) is 2.70. The van der Waals surface area contributed by atoms with E-state index in [4.69, 9.17) is 4.74 Å². The quantitative estimate of drug-likeness (QED) is 0.733. The zero-order valence-electron chi connectivity index (χ0n) is 11.3. The van der Waals surface area contributed by atoms with Crippen LogP contribution in [0.4, 0.5) is 0 Å². The molecular weight excluding hydrogens is 244 g/mol. The summed E-state index contributed by atoms with van der Waals surface area (Å²) in [5, 5.41) is 6.29. The van der Waals surface area contributed by atoms with Gasteiger partial charge in [0.1, 0.15) is 6.17 Å². The first-order chi connectivity index (χ1) is 9.19. The molecule has 0 bridgehead atoms. The zero-order valence-corrected chi connectivity index (χ0v) is 11.3. The van der Waals surface area contributed by atoms with Gasteiger partial charge in [0.2, 0.25) is 5.91 Å². The predicted octanol–water partition coefficient (Wildman–Crippen LogP) is -0.315. The molecule has 2 N–H and O–H groups in total. The Kier molecular flexibility index (Phi) is 3.28. The number of likely N-dealkylation sites (N-methyl/N-ethyl adjacent to an activating group) is 1. The molecule has 6 heteroatoms. The van der Waals surface area contributed by atoms with E-state index in [-0.39, 0.29) is 24.0 Å². The van der Waals surface area contributed by atoms with Gasteiger partial charge in [-0.1, -0.05) is 0 Å². The van der Waals surface area contributed by atoms with Crippen LogP contribution in [0.25, 0.3) is 0 Å². The van der Waals surface area contributed by atoms with Gasteiger partial charge in [-0.05, 0) is 19.5 Å². The second-order valence-corrected chi connectivity index (χ2v) is 5.38. The van der Waals surface area contributed by atoms with Crippen molar-refractivity contribution in [1.29, 1.82) is 0 Å². The molecule has 1 amide bonds. The van der Waals surface area contributed by atoms with Crippen LogP contribution in [0.15, 0.2) is 16.3 Å². The Morgan fingerprint density at radius 1 is 1.53 bits per heavy atom. The predicted molar refractivity (Wildman–Crippen MR) is 71.6 cm³/mol. The van der Waals surface area contributed by atoms with Gasteiger partial charge in [-0.25, -0.2) is 0 Å². The minimum atomic E-state index is 0.0476.